The van der Waals surface area contributed by atoms with E-state index in [4.69, 9.17) is 9.15 Å². The minimum Gasteiger partial charge on any atom is -0.497 e. The number of hydrogen-bond acceptors (Lipinski definition) is 4. The minimum absolute atomic E-state index is 0.0517. The Morgan fingerprint density at radius 1 is 1.21 bits per heavy atom. The normalized spacial score (nSPS) is 15.9. The van der Waals surface area contributed by atoms with Crippen molar-refractivity contribution in [2.24, 2.45) is 0 Å². The largest absolute Gasteiger partial charge is 0.497 e. The van der Waals surface area contributed by atoms with Crippen molar-refractivity contribution in [2.45, 2.75) is 13.0 Å². The van der Waals surface area contributed by atoms with Crippen molar-refractivity contribution in [2.75, 3.05) is 38.2 Å². The van der Waals surface area contributed by atoms with Crippen molar-refractivity contribution >= 4 is 11.7 Å². The van der Waals surface area contributed by atoms with E-state index >= 15 is 0 Å². The molecule has 0 spiro atoms. The van der Waals surface area contributed by atoms with Crippen LogP contribution >= 0.6 is 0 Å². The zero-order valence-corrected chi connectivity index (χ0v) is 14.1. The van der Waals surface area contributed by atoms with Gasteiger partial charge in [0, 0.05) is 37.9 Å². The maximum Gasteiger partial charge on any atom is 0.318 e. The predicted molar refractivity (Wildman–Crippen MR) is 92.4 cm³/mol. The summed E-state index contributed by atoms with van der Waals surface area (Å²) in [6.07, 6.45) is 1.62. The van der Waals surface area contributed by atoms with Crippen molar-refractivity contribution in [1.82, 2.24) is 10.2 Å². The number of nitrogens with one attached hydrogen (secondary N) is 1. The third-order valence-corrected chi connectivity index (χ3v) is 4.30. The first-order valence-corrected chi connectivity index (χ1v) is 8.15. The topological polar surface area (TPSA) is 58.0 Å². The highest BCUT2D eigenvalue weighted by Crippen LogP contribution is 2.22. The number of furan rings is 1. The van der Waals surface area contributed by atoms with Crippen LogP contribution in [-0.2, 0) is 0 Å². The first-order chi connectivity index (χ1) is 11.7. The van der Waals surface area contributed by atoms with Crippen LogP contribution in [-0.4, -0.2) is 44.2 Å². The summed E-state index contributed by atoms with van der Waals surface area (Å²) in [6.45, 7) is 4.90. The van der Waals surface area contributed by atoms with Gasteiger partial charge in [-0.15, -0.1) is 0 Å². The molecule has 6 nitrogen and oxygen atoms in total. The van der Waals surface area contributed by atoms with E-state index in [9.17, 15) is 4.79 Å². The van der Waals surface area contributed by atoms with Gasteiger partial charge < -0.3 is 24.3 Å². The molecule has 0 aliphatic carbocycles. The molecule has 1 aliphatic rings. The van der Waals surface area contributed by atoms with Crippen LogP contribution in [0.25, 0.3) is 0 Å². The molecule has 1 aliphatic heterocycles. The number of carbonyl (C=O) groups is 1. The number of hydrogen-bond donors (Lipinski definition) is 1. The number of rotatable bonds is 4. The predicted octanol–water partition coefficient (Wildman–Crippen LogP) is 2.88. The van der Waals surface area contributed by atoms with E-state index in [1.54, 1.807) is 13.4 Å². The molecule has 3 rings (SSSR count). The second-order valence-electron chi connectivity index (χ2n) is 5.86. The molecule has 1 unspecified atom stereocenters. The van der Waals surface area contributed by atoms with Gasteiger partial charge in [0.05, 0.1) is 19.4 Å². The molecule has 1 aromatic heterocycles. The molecule has 24 heavy (non-hydrogen) atoms. The fraction of sp³-hybridized carbons (Fsp3) is 0.389. The van der Waals surface area contributed by atoms with Gasteiger partial charge in [0.15, 0.2) is 0 Å². The van der Waals surface area contributed by atoms with Crippen LogP contribution in [0.5, 0.6) is 5.75 Å². The number of nitrogens with zero attached hydrogens (tertiary/aromatic N) is 2. The Labute approximate surface area is 142 Å². The average Bonchev–Trinajstić information content (AvgIpc) is 3.16. The van der Waals surface area contributed by atoms with Crippen LogP contribution < -0.4 is 15.0 Å². The van der Waals surface area contributed by atoms with Gasteiger partial charge in [0.25, 0.3) is 0 Å². The summed E-state index contributed by atoms with van der Waals surface area (Å²) < 4.78 is 10.6. The van der Waals surface area contributed by atoms with Crippen molar-refractivity contribution in [3.8, 4) is 5.75 Å². The van der Waals surface area contributed by atoms with Crippen LogP contribution in [0.1, 0.15) is 18.7 Å². The fourth-order valence-electron chi connectivity index (χ4n) is 2.86. The number of ether oxygens (including phenoxy) is 1. The zero-order chi connectivity index (χ0) is 16.9. The molecule has 128 valence electrons. The van der Waals surface area contributed by atoms with E-state index in [0.717, 1.165) is 30.3 Å². The standard InChI is InChI=1S/C18H23N3O3/c1-14(17-7-4-12-24-17)19-18(22)21-10-8-20(9-11-21)15-5-3-6-16(13-15)23-2/h3-7,12-14H,8-11H2,1-2H3,(H,19,22). The Hall–Kier alpha value is -2.63. The van der Waals surface area contributed by atoms with E-state index in [2.05, 4.69) is 16.3 Å². The summed E-state index contributed by atoms with van der Waals surface area (Å²) in [6, 6.07) is 11.5. The van der Waals surface area contributed by atoms with Crippen LogP contribution in [0.15, 0.2) is 47.1 Å². The van der Waals surface area contributed by atoms with E-state index in [0.29, 0.717) is 13.1 Å². The lowest BCUT2D eigenvalue weighted by atomic mass is 10.2. The van der Waals surface area contributed by atoms with Crippen LogP contribution in [0.3, 0.4) is 0 Å². The van der Waals surface area contributed by atoms with Crippen molar-refractivity contribution in [3.63, 3.8) is 0 Å². The highest BCUT2D eigenvalue weighted by Gasteiger charge is 2.23. The summed E-state index contributed by atoms with van der Waals surface area (Å²) in [7, 11) is 1.67. The molecule has 1 aromatic carbocycles. The number of anilines is 1. The molecule has 1 atom stereocenters. The molecule has 2 amide bonds. The molecule has 6 heteroatoms. The van der Waals surface area contributed by atoms with Crippen molar-refractivity contribution in [1.29, 1.82) is 0 Å². The number of urea groups is 1. The number of amides is 2. The number of benzene rings is 1. The minimum atomic E-state index is -0.135. The fourth-order valence-corrected chi connectivity index (χ4v) is 2.86. The van der Waals surface area contributed by atoms with Gasteiger partial charge >= 0.3 is 6.03 Å². The maximum atomic E-state index is 12.4. The van der Waals surface area contributed by atoms with Gasteiger partial charge in [-0.2, -0.15) is 0 Å². The number of carbonyl (C=O) groups excluding carboxylic acids is 1. The molecule has 0 saturated carbocycles. The summed E-state index contributed by atoms with van der Waals surface area (Å²) in [5, 5.41) is 2.98. The summed E-state index contributed by atoms with van der Waals surface area (Å²) in [4.78, 5) is 16.5. The molecule has 1 saturated heterocycles. The van der Waals surface area contributed by atoms with Crippen molar-refractivity contribution < 1.29 is 13.9 Å². The lowest BCUT2D eigenvalue weighted by Crippen LogP contribution is -2.52. The van der Waals surface area contributed by atoms with Crippen molar-refractivity contribution in [3.05, 3.63) is 48.4 Å². The smallest absolute Gasteiger partial charge is 0.318 e. The van der Waals surface area contributed by atoms with Crippen LogP contribution in [0.4, 0.5) is 10.5 Å². The highest BCUT2D eigenvalue weighted by atomic mass is 16.5. The lowest BCUT2D eigenvalue weighted by molar-refractivity contribution is 0.189. The molecule has 2 aromatic rings. The average molecular weight is 329 g/mol. The third-order valence-electron chi connectivity index (χ3n) is 4.30. The molecule has 1 fully saturated rings. The molecule has 0 radical (unpaired) electrons. The molecular formula is C18H23N3O3. The Bertz CT molecular complexity index is 664. The van der Waals surface area contributed by atoms with E-state index in [1.807, 2.05) is 42.2 Å². The number of piperazine rings is 1. The molecule has 2 heterocycles. The Morgan fingerprint density at radius 3 is 2.67 bits per heavy atom. The lowest BCUT2D eigenvalue weighted by Gasteiger charge is -2.36. The first-order valence-electron chi connectivity index (χ1n) is 8.15. The maximum absolute atomic E-state index is 12.4. The second kappa shape index (κ2) is 7.29. The monoisotopic (exact) mass is 329 g/mol. The summed E-state index contributed by atoms with van der Waals surface area (Å²) in [5.74, 6) is 1.61. The molecular weight excluding hydrogens is 306 g/mol. The SMILES string of the molecule is COc1cccc(N2CCN(C(=O)NC(C)c3ccco3)CC2)c1. The van der Waals surface area contributed by atoms with Gasteiger partial charge in [-0.1, -0.05) is 6.07 Å². The van der Waals surface area contributed by atoms with E-state index in [1.165, 1.54) is 0 Å². The van der Waals surface area contributed by atoms with E-state index in [-0.39, 0.29) is 12.1 Å². The van der Waals surface area contributed by atoms with Crippen LogP contribution in [0.2, 0.25) is 0 Å². The Balaban J connectivity index is 1.53. The molecule has 0 bridgehead atoms. The van der Waals surface area contributed by atoms with Gasteiger partial charge in [0.2, 0.25) is 0 Å². The van der Waals surface area contributed by atoms with Gasteiger partial charge in [-0.3, -0.25) is 0 Å². The summed E-state index contributed by atoms with van der Waals surface area (Å²) in [5.41, 5.74) is 1.12. The Morgan fingerprint density at radius 2 is 2.00 bits per heavy atom. The summed E-state index contributed by atoms with van der Waals surface area (Å²) >= 11 is 0. The van der Waals surface area contributed by atoms with Gasteiger partial charge in [-0.05, 0) is 31.2 Å². The number of methoxy groups -OCH3 is 1. The first kappa shape index (κ1) is 16.2. The van der Waals surface area contributed by atoms with Crippen LogP contribution in [0, 0.1) is 0 Å². The van der Waals surface area contributed by atoms with Gasteiger partial charge in [0.1, 0.15) is 11.5 Å². The van der Waals surface area contributed by atoms with Gasteiger partial charge in [-0.25, -0.2) is 4.79 Å². The zero-order valence-electron chi connectivity index (χ0n) is 14.1. The Kier molecular flexibility index (Phi) is 4.93. The highest BCUT2D eigenvalue weighted by molar-refractivity contribution is 5.75. The quantitative estimate of drug-likeness (QED) is 0.937. The third kappa shape index (κ3) is 3.64. The second-order valence-corrected chi connectivity index (χ2v) is 5.86. The van der Waals surface area contributed by atoms with E-state index < -0.39 is 0 Å². The molecule has 1 N–H and O–H groups in total.